The number of anilines is 1. The summed E-state index contributed by atoms with van der Waals surface area (Å²) in [6.07, 6.45) is 2.87. The van der Waals surface area contributed by atoms with Gasteiger partial charge in [-0.1, -0.05) is 0 Å². The lowest BCUT2D eigenvalue weighted by Crippen LogP contribution is -2.48. The van der Waals surface area contributed by atoms with Crippen LogP contribution in [0.4, 0.5) is 10.5 Å². The fourth-order valence-corrected chi connectivity index (χ4v) is 3.89. The molecule has 1 aromatic heterocycles. The summed E-state index contributed by atoms with van der Waals surface area (Å²) in [7, 11) is 0. The van der Waals surface area contributed by atoms with E-state index < -0.39 is 11.9 Å². The minimum Gasteiger partial charge on any atom is -0.481 e. The molecular formula is C14H20N4O3. The average molecular weight is 292 g/mol. The van der Waals surface area contributed by atoms with Crippen LogP contribution < -0.4 is 10.6 Å². The lowest BCUT2D eigenvalue weighted by molar-refractivity contribution is -0.144. The van der Waals surface area contributed by atoms with Crippen molar-refractivity contribution in [3.8, 4) is 0 Å². The number of rotatable bonds is 3. The third-order valence-electron chi connectivity index (χ3n) is 4.87. The number of hydrogen-bond acceptors (Lipinski definition) is 3. The van der Waals surface area contributed by atoms with Gasteiger partial charge in [0.25, 0.3) is 0 Å². The molecule has 3 rings (SSSR count). The Kier molecular flexibility index (Phi) is 3.35. The number of nitrogens with zero attached hydrogens (tertiary/aromatic N) is 1. The third kappa shape index (κ3) is 2.36. The number of aryl methyl sites for hydroxylation is 2. The first-order valence-corrected chi connectivity index (χ1v) is 7.29. The smallest absolute Gasteiger partial charge is 0.319 e. The Labute approximate surface area is 122 Å². The second kappa shape index (κ2) is 5.05. The van der Waals surface area contributed by atoms with Gasteiger partial charge in [0.15, 0.2) is 0 Å². The van der Waals surface area contributed by atoms with Crippen molar-refractivity contribution in [3.63, 3.8) is 0 Å². The van der Waals surface area contributed by atoms with Crippen molar-refractivity contribution in [2.24, 2.45) is 17.8 Å². The highest BCUT2D eigenvalue weighted by molar-refractivity contribution is 5.91. The summed E-state index contributed by atoms with van der Waals surface area (Å²) in [5.74, 6) is -0.771. The number of carbonyl (C=O) groups excluding carboxylic acids is 1. The van der Waals surface area contributed by atoms with Crippen LogP contribution in [0.5, 0.6) is 0 Å². The van der Waals surface area contributed by atoms with Gasteiger partial charge in [-0.25, -0.2) is 4.79 Å². The number of amides is 2. The highest BCUT2D eigenvalue weighted by Crippen LogP contribution is 2.48. The van der Waals surface area contributed by atoms with Gasteiger partial charge >= 0.3 is 12.0 Å². The molecule has 2 amide bonds. The van der Waals surface area contributed by atoms with Crippen molar-refractivity contribution >= 4 is 17.7 Å². The molecule has 0 spiro atoms. The van der Waals surface area contributed by atoms with E-state index in [4.69, 9.17) is 0 Å². The second-order valence-electron chi connectivity index (χ2n) is 6.13. The minimum atomic E-state index is -0.803. The van der Waals surface area contributed by atoms with E-state index >= 15 is 0 Å². The number of aromatic amines is 1. The lowest BCUT2D eigenvalue weighted by atomic mass is 9.84. The van der Waals surface area contributed by atoms with Crippen LogP contribution in [-0.2, 0) is 4.79 Å². The maximum atomic E-state index is 12.2. The Hall–Kier alpha value is -2.05. The van der Waals surface area contributed by atoms with Gasteiger partial charge in [-0.05, 0) is 44.9 Å². The Morgan fingerprint density at radius 1 is 1.29 bits per heavy atom. The summed E-state index contributed by atoms with van der Waals surface area (Å²) in [6.45, 7) is 3.63. The van der Waals surface area contributed by atoms with Crippen molar-refractivity contribution in [1.82, 2.24) is 15.5 Å². The number of fused-ring (bicyclic) bond motifs is 2. The molecule has 2 saturated carbocycles. The van der Waals surface area contributed by atoms with E-state index in [9.17, 15) is 14.7 Å². The first kappa shape index (κ1) is 13.9. The summed E-state index contributed by atoms with van der Waals surface area (Å²) in [6, 6.07) is -0.625. The van der Waals surface area contributed by atoms with Crippen molar-refractivity contribution in [2.75, 3.05) is 5.32 Å². The Morgan fingerprint density at radius 2 is 2.00 bits per heavy atom. The molecule has 21 heavy (non-hydrogen) atoms. The zero-order chi connectivity index (χ0) is 15.1. The van der Waals surface area contributed by atoms with Crippen LogP contribution >= 0.6 is 0 Å². The predicted octanol–water partition coefficient (Wildman–Crippen LogP) is 1.65. The molecule has 2 bridgehead atoms. The zero-order valence-electron chi connectivity index (χ0n) is 12.1. The molecule has 2 aliphatic rings. The lowest BCUT2D eigenvalue weighted by Gasteiger charge is -2.28. The Bertz CT molecular complexity index is 563. The Morgan fingerprint density at radius 3 is 2.62 bits per heavy atom. The molecule has 0 aliphatic heterocycles. The first-order chi connectivity index (χ1) is 9.97. The fraction of sp³-hybridized carbons (Fsp3) is 0.643. The maximum absolute atomic E-state index is 12.2. The van der Waals surface area contributed by atoms with Gasteiger partial charge in [-0.2, -0.15) is 5.10 Å². The molecule has 1 heterocycles. The molecule has 0 aromatic carbocycles. The number of aromatic nitrogens is 2. The number of carbonyl (C=O) groups is 2. The number of nitrogens with one attached hydrogen (secondary N) is 3. The monoisotopic (exact) mass is 292 g/mol. The molecule has 114 valence electrons. The van der Waals surface area contributed by atoms with Crippen LogP contribution in [0.1, 0.15) is 30.7 Å². The van der Waals surface area contributed by atoms with E-state index in [-0.39, 0.29) is 23.9 Å². The van der Waals surface area contributed by atoms with E-state index in [1.54, 1.807) is 6.92 Å². The number of urea groups is 1. The zero-order valence-corrected chi connectivity index (χ0v) is 12.1. The largest absolute Gasteiger partial charge is 0.481 e. The average Bonchev–Trinajstić information content (AvgIpc) is 3.09. The van der Waals surface area contributed by atoms with Gasteiger partial charge < -0.3 is 15.7 Å². The van der Waals surface area contributed by atoms with Crippen LogP contribution in [0, 0.1) is 31.6 Å². The second-order valence-corrected chi connectivity index (χ2v) is 6.13. The van der Waals surface area contributed by atoms with E-state index in [2.05, 4.69) is 20.8 Å². The standard InChI is InChI=1S/C14H20N4O3/c1-6-11(7(2)18-17-6)15-14(21)16-12-9-4-3-8(5-9)10(12)13(19)20/h8-10,12H,3-5H2,1-2H3,(H,17,18)(H,19,20)(H2,15,16,21). The highest BCUT2D eigenvalue weighted by Gasteiger charge is 2.51. The molecule has 4 atom stereocenters. The van der Waals surface area contributed by atoms with E-state index in [1.165, 1.54) is 0 Å². The molecular weight excluding hydrogens is 272 g/mol. The van der Waals surface area contributed by atoms with Crippen LogP contribution in [0.15, 0.2) is 0 Å². The molecule has 4 unspecified atom stereocenters. The molecule has 7 nitrogen and oxygen atoms in total. The van der Waals surface area contributed by atoms with Gasteiger partial charge in [-0.3, -0.25) is 9.89 Å². The minimum absolute atomic E-state index is 0.204. The summed E-state index contributed by atoms with van der Waals surface area (Å²) in [5, 5.41) is 21.8. The van der Waals surface area contributed by atoms with Gasteiger partial charge in [-0.15, -0.1) is 0 Å². The van der Waals surface area contributed by atoms with E-state index in [0.717, 1.165) is 25.0 Å². The molecule has 0 saturated heterocycles. The van der Waals surface area contributed by atoms with Gasteiger partial charge in [0.1, 0.15) is 0 Å². The molecule has 1 aromatic rings. The number of H-pyrrole nitrogens is 1. The van der Waals surface area contributed by atoms with Crippen molar-refractivity contribution < 1.29 is 14.7 Å². The van der Waals surface area contributed by atoms with Gasteiger partial charge in [0, 0.05) is 6.04 Å². The van der Waals surface area contributed by atoms with Crippen molar-refractivity contribution in [3.05, 3.63) is 11.4 Å². The van der Waals surface area contributed by atoms with Crippen LogP contribution in [-0.4, -0.2) is 33.3 Å². The number of carboxylic acid groups (broad SMARTS) is 1. The SMILES string of the molecule is Cc1n[nH]c(C)c1NC(=O)NC1C2CCC(C2)C1C(=O)O. The molecule has 7 heteroatoms. The summed E-state index contributed by atoms with van der Waals surface area (Å²) in [5.41, 5.74) is 2.15. The summed E-state index contributed by atoms with van der Waals surface area (Å²) < 4.78 is 0. The number of carboxylic acids is 1. The normalized spacial score (nSPS) is 30.4. The number of aliphatic carboxylic acids is 1. The summed E-state index contributed by atoms with van der Waals surface area (Å²) in [4.78, 5) is 23.6. The Balaban J connectivity index is 1.68. The van der Waals surface area contributed by atoms with Crippen LogP contribution in [0.3, 0.4) is 0 Å². The van der Waals surface area contributed by atoms with Crippen LogP contribution in [0.2, 0.25) is 0 Å². The topological polar surface area (TPSA) is 107 Å². The molecule has 4 N–H and O–H groups in total. The molecule has 2 aliphatic carbocycles. The fourth-order valence-electron chi connectivity index (χ4n) is 3.89. The van der Waals surface area contributed by atoms with Gasteiger partial charge in [0.2, 0.25) is 0 Å². The molecule has 2 fully saturated rings. The number of hydrogen-bond donors (Lipinski definition) is 4. The van der Waals surface area contributed by atoms with E-state index in [1.807, 2.05) is 6.92 Å². The predicted molar refractivity (Wildman–Crippen MR) is 76.0 cm³/mol. The first-order valence-electron chi connectivity index (χ1n) is 7.29. The van der Waals surface area contributed by atoms with Gasteiger partial charge in [0.05, 0.1) is 23.0 Å². The highest BCUT2D eigenvalue weighted by atomic mass is 16.4. The molecule has 0 radical (unpaired) electrons. The third-order valence-corrected chi connectivity index (χ3v) is 4.87. The van der Waals surface area contributed by atoms with Crippen molar-refractivity contribution in [1.29, 1.82) is 0 Å². The van der Waals surface area contributed by atoms with E-state index in [0.29, 0.717) is 11.4 Å². The van der Waals surface area contributed by atoms with Crippen molar-refractivity contribution in [2.45, 2.75) is 39.2 Å². The van der Waals surface area contributed by atoms with Crippen LogP contribution in [0.25, 0.3) is 0 Å². The summed E-state index contributed by atoms with van der Waals surface area (Å²) >= 11 is 0. The maximum Gasteiger partial charge on any atom is 0.319 e. The quantitative estimate of drug-likeness (QED) is 0.679.